The van der Waals surface area contributed by atoms with Crippen LogP contribution in [0.5, 0.6) is 0 Å². The molecule has 0 spiro atoms. The Bertz CT molecular complexity index is 1590. The van der Waals surface area contributed by atoms with E-state index in [4.69, 9.17) is 4.99 Å². The molecule has 4 aromatic rings. The first kappa shape index (κ1) is 20.1. The maximum Gasteiger partial charge on any atom is 0.271 e. The zero-order chi connectivity index (χ0) is 22.5. The standard InChI is InChI=1S/C28H21FN2OS/c1-17-6-8-18(9-7-17)16-24-27(32)31-26(20-10-13-21(29)14-11-20)23-15-12-19-4-2-3-5-22(19)25(23)30-28(31)33-24/h2-11,13-14,16,26H,12,15H2,1H3/b24-16+/t26-/m0/s1. The van der Waals surface area contributed by atoms with Gasteiger partial charge in [-0.05, 0) is 60.2 Å². The van der Waals surface area contributed by atoms with Crippen molar-refractivity contribution in [2.45, 2.75) is 25.8 Å². The van der Waals surface area contributed by atoms with E-state index in [1.807, 2.05) is 43.3 Å². The molecule has 3 nitrogen and oxygen atoms in total. The van der Waals surface area contributed by atoms with Crippen molar-refractivity contribution in [3.63, 3.8) is 0 Å². The van der Waals surface area contributed by atoms with E-state index in [1.165, 1.54) is 34.6 Å². The van der Waals surface area contributed by atoms with Crippen LogP contribution < -0.4 is 14.9 Å². The van der Waals surface area contributed by atoms with Crippen LogP contribution in [0.4, 0.5) is 4.39 Å². The Hall–Kier alpha value is -3.57. The van der Waals surface area contributed by atoms with Gasteiger partial charge in [0.15, 0.2) is 4.80 Å². The van der Waals surface area contributed by atoms with Crippen molar-refractivity contribution in [3.05, 3.63) is 132 Å². The summed E-state index contributed by atoms with van der Waals surface area (Å²) in [7, 11) is 0. The first-order valence-corrected chi connectivity index (χ1v) is 11.9. The lowest BCUT2D eigenvalue weighted by Gasteiger charge is -2.30. The predicted molar refractivity (Wildman–Crippen MR) is 130 cm³/mol. The molecule has 162 valence electrons. The van der Waals surface area contributed by atoms with E-state index in [0.29, 0.717) is 9.33 Å². The van der Waals surface area contributed by atoms with Gasteiger partial charge in [-0.15, -0.1) is 0 Å². The largest absolute Gasteiger partial charge is 0.272 e. The average Bonchev–Trinajstić information content (AvgIpc) is 3.14. The molecule has 1 aliphatic heterocycles. The van der Waals surface area contributed by atoms with E-state index in [0.717, 1.165) is 40.8 Å². The molecule has 6 rings (SSSR count). The van der Waals surface area contributed by atoms with Crippen LogP contribution in [0.2, 0.25) is 0 Å². The Balaban J connectivity index is 1.62. The lowest BCUT2D eigenvalue weighted by atomic mass is 9.83. The Labute approximate surface area is 194 Å². The van der Waals surface area contributed by atoms with Gasteiger partial charge in [0.2, 0.25) is 0 Å². The number of halogens is 1. The molecule has 0 saturated carbocycles. The van der Waals surface area contributed by atoms with Gasteiger partial charge in [-0.2, -0.15) is 0 Å². The van der Waals surface area contributed by atoms with Crippen LogP contribution in [0.3, 0.4) is 0 Å². The summed E-state index contributed by atoms with van der Waals surface area (Å²) >= 11 is 1.41. The summed E-state index contributed by atoms with van der Waals surface area (Å²) in [6.07, 6.45) is 3.65. The molecular weight excluding hydrogens is 431 g/mol. The maximum atomic E-state index is 13.7. The van der Waals surface area contributed by atoms with Gasteiger partial charge in [0.05, 0.1) is 16.3 Å². The third-order valence-corrected chi connectivity index (χ3v) is 7.42. The highest BCUT2D eigenvalue weighted by molar-refractivity contribution is 7.07. The molecule has 2 heterocycles. The quantitative estimate of drug-likeness (QED) is 0.432. The Morgan fingerprint density at radius 1 is 1.00 bits per heavy atom. The fraction of sp³-hybridized carbons (Fsp3) is 0.143. The molecule has 0 fully saturated rings. The zero-order valence-electron chi connectivity index (χ0n) is 18.1. The van der Waals surface area contributed by atoms with Crippen molar-refractivity contribution in [1.29, 1.82) is 0 Å². The lowest BCUT2D eigenvalue weighted by molar-refractivity contribution is 0.581. The molecule has 2 aliphatic rings. The van der Waals surface area contributed by atoms with Crippen LogP contribution in [-0.2, 0) is 6.42 Å². The molecule has 1 aromatic heterocycles. The van der Waals surface area contributed by atoms with E-state index in [2.05, 4.69) is 18.2 Å². The zero-order valence-corrected chi connectivity index (χ0v) is 18.9. The molecular formula is C28H21FN2OS. The minimum atomic E-state index is -0.287. The first-order chi connectivity index (χ1) is 16.1. The second-order valence-corrected chi connectivity index (χ2v) is 9.59. The van der Waals surface area contributed by atoms with Crippen molar-refractivity contribution < 1.29 is 4.39 Å². The number of hydrogen-bond acceptors (Lipinski definition) is 3. The van der Waals surface area contributed by atoms with Gasteiger partial charge in [0.1, 0.15) is 5.82 Å². The molecule has 0 saturated heterocycles. The van der Waals surface area contributed by atoms with Crippen molar-refractivity contribution in [2.24, 2.45) is 4.99 Å². The lowest BCUT2D eigenvalue weighted by Crippen LogP contribution is -2.38. The fourth-order valence-electron chi connectivity index (χ4n) is 4.78. The number of thiazole rings is 1. The van der Waals surface area contributed by atoms with Crippen molar-refractivity contribution in [2.75, 3.05) is 0 Å². The molecule has 33 heavy (non-hydrogen) atoms. The summed E-state index contributed by atoms with van der Waals surface area (Å²) in [5.41, 5.74) is 7.48. The van der Waals surface area contributed by atoms with Crippen molar-refractivity contribution in [1.82, 2.24) is 4.57 Å². The number of aromatic nitrogens is 1. The van der Waals surface area contributed by atoms with Crippen LogP contribution in [0.15, 0.2) is 88.2 Å². The highest BCUT2D eigenvalue weighted by atomic mass is 32.1. The summed E-state index contributed by atoms with van der Waals surface area (Å²) in [6.45, 7) is 2.04. The summed E-state index contributed by atoms with van der Waals surface area (Å²) < 4.78 is 16.2. The molecule has 3 aromatic carbocycles. The van der Waals surface area contributed by atoms with E-state index in [-0.39, 0.29) is 17.4 Å². The number of aryl methyl sites for hydroxylation is 2. The smallest absolute Gasteiger partial charge is 0.271 e. The number of allylic oxidation sites excluding steroid dienone is 1. The monoisotopic (exact) mass is 452 g/mol. The number of rotatable bonds is 2. The summed E-state index contributed by atoms with van der Waals surface area (Å²) in [6, 6.07) is 22.7. The predicted octanol–water partition coefficient (Wildman–Crippen LogP) is 4.77. The van der Waals surface area contributed by atoms with Crippen LogP contribution in [0, 0.1) is 12.7 Å². The minimum Gasteiger partial charge on any atom is -0.272 e. The summed E-state index contributed by atoms with van der Waals surface area (Å²) in [5.74, 6) is -0.284. The van der Waals surface area contributed by atoms with Crippen LogP contribution in [-0.4, -0.2) is 4.57 Å². The van der Waals surface area contributed by atoms with E-state index >= 15 is 0 Å². The van der Waals surface area contributed by atoms with Gasteiger partial charge < -0.3 is 0 Å². The molecule has 0 radical (unpaired) electrons. The Kier molecular flexibility index (Phi) is 4.73. The number of benzene rings is 3. The van der Waals surface area contributed by atoms with Crippen molar-refractivity contribution >= 4 is 23.1 Å². The highest BCUT2D eigenvalue weighted by Gasteiger charge is 2.32. The van der Waals surface area contributed by atoms with Gasteiger partial charge in [-0.25, -0.2) is 9.38 Å². The molecule has 0 amide bonds. The van der Waals surface area contributed by atoms with E-state index in [1.54, 1.807) is 16.7 Å². The van der Waals surface area contributed by atoms with Gasteiger partial charge in [-0.1, -0.05) is 77.6 Å². The van der Waals surface area contributed by atoms with Gasteiger partial charge in [0.25, 0.3) is 5.56 Å². The average molecular weight is 453 g/mol. The van der Waals surface area contributed by atoms with Crippen LogP contribution >= 0.6 is 11.3 Å². The molecule has 1 atom stereocenters. The topological polar surface area (TPSA) is 34.4 Å². The normalized spacial score (nSPS) is 17.3. The number of fused-ring (bicyclic) bond motifs is 3. The Morgan fingerprint density at radius 3 is 2.55 bits per heavy atom. The Morgan fingerprint density at radius 2 is 1.76 bits per heavy atom. The SMILES string of the molecule is Cc1ccc(/C=c2/sc3n(c2=O)[C@@H](c2ccc(F)cc2)C2=C(N=3)c3ccccc3CC2)cc1. The van der Waals surface area contributed by atoms with Gasteiger partial charge >= 0.3 is 0 Å². The summed E-state index contributed by atoms with van der Waals surface area (Å²) in [5, 5.41) is 0. The molecule has 0 bridgehead atoms. The molecule has 0 unspecified atom stereocenters. The second kappa shape index (κ2) is 7.78. The number of hydrogen-bond donors (Lipinski definition) is 0. The van der Waals surface area contributed by atoms with Gasteiger partial charge in [0, 0.05) is 5.56 Å². The third kappa shape index (κ3) is 3.40. The maximum absolute atomic E-state index is 13.7. The van der Waals surface area contributed by atoms with Gasteiger partial charge in [-0.3, -0.25) is 9.36 Å². The number of nitrogens with zero attached hydrogens (tertiary/aromatic N) is 2. The van der Waals surface area contributed by atoms with Crippen LogP contribution in [0.25, 0.3) is 11.8 Å². The van der Waals surface area contributed by atoms with Crippen molar-refractivity contribution in [3.8, 4) is 0 Å². The van der Waals surface area contributed by atoms with E-state index in [9.17, 15) is 9.18 Å². The van der Waals surface area contributed by atoms with E-state index < -0.39 is 0 Å². The molecule has 5 heteroatoms. The summed E-state index contributed by atoms with van der Waals surface area (Å²) in [4.78, 5) is 19.3. The third-order valence-electron chi connectivity index (χ3n) is 6.43. The second-order valence-electron chi connectivity index (χ2n) is 8.58. The molecule has 1 aliphatic carbocycles. The molecule has 0 N–H and O–H groups in total. The highest BCUT2D eigenvalue weighted by Crippen LogP contribution is 2.41. The fourth-order valence-corrected chi connectivity index (χ4v) is 5.78. The van der Waals surface area contributed by atoms with Crippen LogP contribution in [0.1, 0.15) is 40.3 Å². The minimum absolute atomic E-state index is 0.0564. The first-order valence-electron chi connectivity index (χ1n) is 11.0.